The highest BCUT2D eigenvalue weighted by Gasteiger charge is 2.21. The molecule has 0 aromatic rings. The largest absolute Gasteiger partial charge is 0.379 e. The first-order valence-corrected chi connectivity index (χ1v) is 4.03. The van der Waals surface area contributed by atoms with E-state index in [4.69, 9.17) is 10.6 Å². The second kappa shape index (κ2) is 4.27. The molecule has 1 fully saturated rings. The van der Waals surface area contributed by atoms with Crippen molar-refractivity contribution in [3.63, 3.8) is 0 Å². The number of aliphatic imine (C=N–C) groups is 1. The van der Waals surface area contributed by atoms with Crippen molar-refractivity contribution in [2.75, 3.05) is 27.3 Å². The standard InChI is InChI=1S/C7H16N4O/c1-9-7(10-8)11(2)6-3-4-12-5-6/h6H,3-5,8H2,1-2H3,(H,9,10). The zero-order chi connectivity index (χ0) is 8.97. The molecule has 0 aliphatic carbocycles. The van der Waals surface area contributed by atoms with Crippen LogP contribution in [-0.2, 0) is 4.74 Å². The molecule has 5 nitrogen and oxygen atoms in total. The summed E-state index contributed by atoms with van der Waals surface area (Å²) >= 11 is 0. The highest BCUT2D eigenvalue weighted by Crippen LogP contribution is 2.09. The highest BCUT2D eigenvalue weighted by atomic mass is 16.5. The Balaban J connectivity index is 2.49. The first-order valence-electron chi connectivity index (χ1n) is 4.03. The van der Waals surface area contributed by atoms with Crippen LogP contribution < -0.4 is 11.3 Å². The van der Waals surface area contributed by atoms with E-state index in [-0.39, 0.29) is 0 Å². The second-order valence-corrected chi connectivity index (χ2v) is 2.82. The summed E-state index contributed by atoms with van der Waals surface area (Å²) in [5, 5.41) is 0. The van der Waals surface area contributed by atoms with Crippen LogP contribution >= 0.6 is 0 Å². The molecule has 0 aromatic heterocycles. The highest BCUT2D eigenvalue weighted by molar-refractivity contribution is 5.79. The molecule has 0 saturated carbocycles. The van der Waals surface area contributed by atoms with Gasteiger partial charge in [0, 0.05) is 20.7 Å². The number of nitrogens with one attached hydrogen (secondary N) is 1. The Hall–Kier alpha value is -0.810. The van der Waals surface area contributed by atoms with Gasteiger partial charge < -0.3 is 9.64 Å². The van der Waals surface area contributed by atoms with Crippen LogP contribution in [0.1, 0.15) is 6.42 Å². The summed E-state index contributed by atoms with van der Waals surface area (Å²) in [6.07, 6.45) is 1.04. The number of nitrogens with two attached hydrogens (primary N) is 1. The van der Waals surface area contributed by atoms with E-state index in [2.05, 4.69) is 10.4 Å². The third kappa shape index (κ3) is 1.86. The summed E-state index contributed by atoms with van der Waals surface area (Å²) in [5.74, 6) is 5.99. The molecular formula is C7H16N4O. The smallest absolute Gasteiger partial charge is 0.208 e. The lowest BCUT2D eigenvalue weighted by Gasteiger charge is -2.25. The number of hydrogen-bond donors (Lipinski definition) is 2. The second-order valence-electron chi connectivity index (χ2n) is 2.82. The summed E-state index contributed by atoms with van der Waals surface area (Å²) in [7, 11) is 3.67. The maximum absolute atomic E-state index is 5.29. The van der Waals surface area contributed by atoms with Crippen molar-refractivity contribution in [1.29, 1.82) is 0 Å². The predicted octanol–water partition coefficient (Wildman–Crippen LogP) is -0.844. The van der Waals surface area contributed by atoms with Crippen molar-refractivity contribution in [2.24, 2.45) is 10.8 Å². The molecule has 1 rings (SSSR count). The van der Waals surface area contributed by atoms with Gasteiger partial charge >= 0.3 is 0 Å². The van der Waals surface area contributed by atoms with E-state index < -0.39 is 0 Å². The fraction of sp³-hybridized carbons (Fsp3) is 0.857. The van der Waals surface area contributed by atoms with Gasteiger partial charge in [-0.15, -0.1) is 0 Å². The van der Waals surface area contributed by atoms with Gasteiger partial charge in [-0.2, -0.15) is 0 Å². The molecule has 70 valence electrons. The molecule has 0 spiro atoms. The molecule has 1 aliphatic rings. The Bertz CT molecular complexity index is 165. The number of ether oxygens (including phenoxy) is 1. The number of hydrazine groups is 1. The maximum atomic E-state index is 5.29. The molecule has 0 amide bonds. The fourth-order valence-electron chi connectivity index (χ4n) is 1.32. The van der Waals surface area contributed by atoms with Crippen LogP contribution in [0.3, 0.4) is 0 Å². The van der Waals surface area contributed by atoms with Crippen molar-refractivity contribution in [2.45, 2.75) is 12.5 Å². The average molecular weight is 172 g/mol. The molecule has 5 heteroatoms. The van der Waals surface area contributed by atoms with E-state index in [1.54, 1.807) is 7.05 Å². The summed E-state index contributed by atoms with van der Waals surface area (Å²) in [4.78, 5) is 6.01. The van der Waals surface area contributed by atoms with Crippen molar-refractivity contribution in [1.82, 2.24) is 10.3 Å². The zero-order valence-electron chi connectivity index (χ0n) is 7.58. The van der Waals surface area contributed by atoms with Gasteiger partial charge in [0.15, 0.2) is 0 Å². The number of hydrogen-bond acceptors (Lipinski definition) is 3. The molecule has 0 bridgehead atoms. The molecule has 1 saturated heterocycles. The lowest BCUT2D eigenvalue weighted by atomic mass is 10.2. The fourth-order valence-corrected chi connectivity index (χ4v) is 1.32. The van der Waals surface area contributed by atoms with Crippen LogP contribution in [0.15, 0.2) is 4.99 Å². The van der Waals surface area contributed by atoms with E-state index in [1.807, 2.05) is 11.9 Å². The molecule has 1 aliphatic heterocycles. The zero-order valence-corrected chi connectivity index (χ0v) is 7.58. The molecule has 1 heterocycles. The van der Waals surface area contributed by atoms with Crippen molar-refractivity contribution >= 4 is 5.96 Å². The minimum atomic E-state index is 0.403. The third-order valence-corrected chi connectivity index (χ3v) is 2.13. The van der Waals surface area contributed by atoms with E-state index in [9.17, 15) is 0 Å². The Morgan fingerprint density at radius 1 is 1.75 bits per heavy atom. The summed E-state index contributed by atoms with van der Waals surface area (Å²) < 4.78 is 5.25. The van der Waals surface area contributed by atoms with Gasteiger partial charge in [0.2, 0.25) is 5.96 Å². The predicted molar refractivity (Wildman–Crippen MR) is 47.7 cm³/mol. The van der Waals surface area contributed by atoms with E-state index >= 15 is 0 Å². The maximum Gasteiger partial charge on any atom is 0.208 e. The van der Waals surface area contributed by atoms with Gasteiger partial charge in [-0.05, 0) is 6.42 Å². The van der Waals surface area contributed by atoms with Crippen LogP contribution in [0.25, 0.3) is 0 Å². The molecule has 3 N–H and O–H groups in total. The van der Waals surface area contributed by atoms with Gasteiger partial charge in [-0.1, -0.05) is 0 Å². The summed E-state index contributed by atoms with van der Waals surface area (Å²) in [6, 6.07) is 0.403. The van der Waals surface area contributed by atoms with Gasteiger partial charge in [0.1, 0.15) is 0 Å². The molecule has 12 heavy (non-hydrogen) atoms. The number of nitrogens with zero attached hydrogens (tertiary/aromatic N) is 2. The Kier molecular flexibility index (Phi) is 3.31. The van der Waals surface area contributed by atoms with Gasteiger partial charge in [0.25, 0.3) is 0 Å². The van der Waals surface area contributed by atoms with Gasteiger partial charge in [-0.3, -0.25) is 10.4 Å². The van der Waals surface area contributed by atoms with Gasteiger partial charge in [-0.25, -0.2) is 5.84 Å². The quantitative estimate of drug-likeness (QED) is 0.234. The SMILES string of the molecule is CN=C(NN)N(C)C1CCOC1. The van der Waals surface area contributed by atoms with E-state index in [0.717, 1.165) is 19.6 Å². The van der Waals surface area contributed by atoms with Crippen molar-refractivity contribution in [3.05, 3.63) is 0 Å². The third-order valence-electron chi connectivity index (χ3n) is 2.13. The minimum absolute atomic E-state index is 0.403. The van der Waals surface area contributed by atoms with Crippen LogP contribution in [0.4, 0.5) is 0 Å². The van der Waals surface area contributed by atoms with Crippen molar-refractivity contribution < 1.29 is 4.74 Å². The average Bonchev–Trinajstić information content (AvgIpc) is 2.58. The van der Waals surface area contributed by atoms with Crippen molar-refractivity contribution in [3.8, 4) is 0 Å². The van der Waals surface area contributed by atoms with Crippen LogP contribution in [0.2, 0.25) is 0 Å². The molecular weight excluding hydrogens is 156 g/mol. The first-order chi connectivity index (χ1) is 5.79. The van der Waals surface area contributed by atoms with Crippen LogP contribution in [0, 0.1) is 0 Å². The lowest BCUT2D eigenvalue weighted by molar-refractivity contribution is 0.178. The summed E-state index contributed by atoms with van der Waals surface area (Å²) in [6.45, 7) is 1.59. The molecule has 0 aromatic carbocycles. The normalized spacial score (nSPS) is 24.2. The topological polar surface area (TPSA) is 62.9 Å². The molecule has 1 unspecified atom stereocenters. The minimum Gasteiger partial charge on any atom is -0.379 e. The lowest BCUT2D eigenvalue weighted by Crippen LogP contribution is -2.47. The van der Waals surface area contributed by atoms with Crippen LogP contribution in [0.5, 0.6) is 0 Å². The number of guanidine groups is 1. The number of likely N-dealkylation sites (N-methyl/N-ethyl adjacent to an activating group) is 1. The molecule has 0 radical (unpaired) electrons. The first kappa shape index (κ1) is 9.28. The monoisotopic (exact) mass is 172 g/mol. The Morgan fingerprint density at radius 2 is 2.50 bits per heavy atom. The Morgan fingerprint density at radius 3 is 2.92 bits per heavy atom. The van der Waals surface area contributed by atoms with Crippen LogP contribution in [-0.4, -0.2) is 44.2 Å². The van der Waals surface area contributed by atoms with E-state index in [1.165, 1.54) is 0 Å². The summed E-state index contributed by atoms with van der Waals surface area (Å²) in [5.41, 5.74) is 2.55. The van der Waals surface area contributed by atoms with E-state index in [0.29, 0.717) is 12.0 Å². The van der Waals surface area contributed by atoms with Gasteiger partial charge in [0.05, 0.1) is 12.6 Å². The molecule has 1 atom stereocenters. The Labute approximate surface area is 72.6 Å². The number of rotatable bonds is 1.